The third-order valence-electron chi connectivity index (χ3n) is 12.8. The summed E-state index contributed by atoms with van der Waals surface area (Å²) in [4.78, 5) is 54.6. The highest BCUT2D eigenvalue weighted by molar-refractivity contribution is 5.74. The molecule has 358 valence electrons. The largest absolute Gasteiger partial charge is 0.450 e. The van der Waals surface area contributed by atoms with E-state index in [9.17, 15) is 19.2 Å². The summed E-state index contributed by atoms with van der Waals surface area (Å²) < 4.78 is 10.2. The van der Waals surface area contributed by atoms with Crippen LogP contribution in [-0.4, -0.2) is 133 Å². The summed E-state index contributed by atoms with van der Waals surface area (Å²) >= 11 is 0. The normalized spacial score (nSPS) is 24.2. The third-order valence-corrected chi connectivity index (χ3v) is 12.8. The number of hydrogen-bond donors (Lipinski definition) is 0. The van der Waals surface area contributed by atoms with Gasteiger partial charge in [-0.2, -0.15) is 0 Å². The highest BCUT2D eigenvalue weighted by Gasteiger charge is 2.25. The van der Waals surface area contributed by atoms with Crippen LogP contribution in [0.1, 0.15) is 186 Å². The van der Waals surface area contributed by atoms with Gasteiger partial charge in [-0.3, -0.25) is 9.59 Å². The number of hydrogen-bond acceptors (Lipinski definition) is 7. The number of ether oxygens (including phenoxy) is 2. The second kappa shape index (κ2) is 31.3. The summed E-state index contributed by atoms with van der Waals surface area (Å²) in [5.41, 5.74) is -0.375. The minimum atomic E-state index is -0.375. The second-order valence-corrected chi connectivity index (χ2v) is 20.5. The molecule has 0 spiro atoms. The number of amides is 4. The second-order valence-electron chi connectivity index (χ2n) is 20.5. The summed E-state index contributed by atoms with van der Waals surface area (Å²) in [5.74, 6) is 4.64. The van der Waals surface area contributed by atoms with E-state index in [-0.39, 0.29) is 29.6 Å². The monoisotopic (exact) mass is 864 g/mol. The van der Waals surface area contributed by atoms with Gasteiger partial charge in [0.05, 0.1) is 6.61 Å². The first kappa shape index (κ1) is 56.5. The lowest BCUT2D eigenvalue weighted by atomic mass is 9.91. The van der Waals surface area contributed by atoms with Crippen LogP contribution in [0.4, 0.5) is 9.59 Å². The lowest BCUT2D eigenvalue weighted by Gasteiger charge is -2.32. The van der Waals surface area contributed by atoms with Gasteiger partial charge in [0, 0.05) is 72.2 Å². The topological polar surface area (TPSA) is 103 Å². The molecule has 61 heavy (non-hydrogen) atoms. The molecule has 0 N–H and O–H groups in total. The molecular weight excluding hydrogens is 767 g/mol. The molecule has 1 aliphatic carbocycles. The molecule has 5 heterocycles. The number of carbonyl (C=O) groups excluding carboxylic acids is 4. The number of nitrogens with zero attached hydrogens (tertiary/aromatic N) is 5. The Hall–Kier alpha value is -2.56. The summed E-state index contributed by atoms with van der Waals surface area (Å²) in [6.07, 6.45) is 20.5. The van der Waals surface area contributed by atoms with Gasteiger partial charge in [-0.05, 0) is 148 Å². The van der Waals surface area contributed by atoms with Gasteiger partial charge in [-0.25, -0.2) is 9.59 Å². The molecule has 0 radical (unpaired) electrons. The maximum Gasteiger partial charge on any atom is 0.410 e. The Morgan fingerprint density at radius 1 is 0.492 bits per heavy atom. The standard InChI is InChI=1S/C11H21NO2.C9H17NO2.2C8H15NO.C7H15N.C7H14/c1-9-5-7-12(8-6-9)10(13)14-11(2,3)4;1-3-12-9(11)10-6-4-8(2)5-7-10;1-7-4-3-5-9(6-7)8(2)10;1-7-5-3-4-6-9(7)8(2)10;1-7-4-3-5-8(2)6-7;1-7-5-3-2-4-6-7/h9H,5-8H2,1-4H3;8H,3-7H2,1-2H3;2*7H,3-6H2,1-2H3;7H,3-6H2,1-2H3;7H,2-6H2,1H3. The van der Waals surface area contributed by atoms with Gasteiger partial charge in [0.1, 0.15) is 5.60 Å². The molecule has 11 heteroatoms. The van der Waals surface area contributed by atoms with Crippen LogP contribution in [0.25, 0.3) is 0 Å². The Labute approximate surface area is 375 Å². The molecule has 1 saturated carbocycles. The van der Waals surface area contributed by atoms with Crippen LogP contribution < -0.4 is 0 Å². The van der Waals surface area contributed by atoms with Crippen LogP contribution in [0.15, 0.2) is 0 Å². The fraction of sp³-hybridized carbons (Fsp3) is 0.920. The first-order valence-corrected chi connectivity index (χ1v) is 24.8. The highest BCUT2D eigenvalue weighted by Crippen LogP contribution is 2.23. The van der Waals surface area contributed by atoms with E-state index >= 15 is 0 Å². The zero-order valence-corrected chi connectivity index (χ0v) is 42.0. The van der Waals surface area contributed by atoms with E-state index in [1.807, 2.05) is 42.4 Å². The molecule has 6 aliphatic rings. The van der Waals surface area contributed by atoms with Gasteiger partial charge < -0.3 is 34.0 Å². The lowest BCUT2D eigenvalue weighted by Crippen LogP contribution is -2.41. The third kappa shape index (κ3) is 27.3. The fourth-order valence-electron chi connectivity index (χ4n) is 8.70. The van der Waals surface area contributed by atoms with Crippen LogP contribution in [0.2, 0.25) is 0 Å². The van der Waals surface area contributed by atoms with Crippen molar-refractivity contribution in [3.05, 3.63) is 0 Å². The molecule has 6 fully saturated rings. The minimum absolute atomic E-state index is 0.149. The van der Waals surface area contributed by atoms with E-state index in [4.69, 9.17) is 9.47 Å². The molecule has 0 aromatic heterocycles. The molecule has 11 nitrogen and oxygen atoms in total. The Bertz CT molecular complexity index is 1180. The van der Waals surface area contributed by atoms with E-state index in [0.29, 0.717) is 18.6 Å². The maximum atomic E-state index is 11.6. The van der Waals surface area contributed by atoms with Crippen molar-refractivity contribution in [1.29, 1.82) is 0 Å². The Kier molecular flexibility index (Phi) is 29.0. The van der Waals surface area contributed by atoms with Crippen LogP contribution in [0.5, 0.6) is 0 Å². The molecule has 0 aromatic rings. The van der Waals surface area contributed by atoms with E-state index < -0.39 is 0 Å². The number of rotatable bonds is 1. The Morgan fingerprint density at radius 3 is 1.30 bits per heavy atom. The Balaban J connectivity index is 0.000000371. The first-order valence-electron chi connectivity index (χ1n) is 24.8. The lowest BCUT2D eigenvalue weighted by molar-refractivity contribution is -0.132. The van der Waals surface area contributed by atoms with Gasteiger partial charge >= 0.3 is 12.2 Å². The van der Waals surface area contributed by atoms with Crippen LogP contribution in [0.3, 0.4) is 0 Å². The van der Waals surface area contributed by atoms with E-state index in [1.54, 1.807) is 18.7 Å². The van der Waals surface area contributed by atoms with Crippen molar-refractivity contribution in [2.45, 2.75) is 197 Å². The average molecular weight is 864 g/mol. The number of carbonyl (C=O) groups is 4. The van der Waals surface area contributed by atoms with Crippen molar-refractivity contribution in [3.8, 4) is 0 Å². The van der Waals surface area contributed by atoms with Gasteiger partial charge in [0.2, 0.25) is 11.8 Å². The van der Waals surface area contributed by atoms with Crippen LogP contribution >= 0.6 is 0 Å². The quantitative estimate of drug-likeness (QED) is 0.259. The smallest absolute Gasteiger partial charge is 0.410 e. The summed E-state index contributed by atoms with van der Waals surface area (Å²) in [6.45, 7) is 33.7. The van der Waals surface area contributed by atoms with E-state index in [0.717, 1.165) is 95.2 Å². The predicted octanol–water partition coefficient (Wildman–Crippen LogP) is 11.1. The number of likely N-dealkylation sites (tertiary alicyclic amines) is 5. The SMILES string of the molecule is CC(=O)N1CCCC(C)C1.CC(=O)N1CCCCC1C.CC1CCCCC1.CC1CCCN(C)C1.CC1CCN(C(=O)OC(C)(C)C)CC1.CCOC(=O)N1CCC(C)CC1. The number of piperidine rings is 5. The minimum Gasteiger partial charge on any atom is -0.450 e. The van der Waals surface area contributed by atoms with Gasteiger partial charge in [0.25, 0.3) is 0 Å². The van der Waals surface area contributed by atoms with Gasteiger partial charge in [0.15, 0.2) is 0 Å². The molecular formula is C50H97N5O6. The van der Waals surface area contributed by atoms with Crippen molar-refractivity contribution in [1.82, 2.24) is 24.5 Å². The molecule has 3 unspecified atom stereocenters. The molecule has 5 aliphatic heterocycles. The van der Waals surface area contributed by atoms with Crippen molar-refractivity contribution in [3.63, 3.8) is 0 Å². The first-order chi connectivity index (χ1) is 28.7. The molecule has 0 bridgehead atoms. The van der Waals surface area contributed by atoms with Crippen LogP contribution in [-0.2, 0) is 19.1 Å². The van der Waals surface area contributed by atoms with Crippen molar-refractivity contribution in [2.75, 3.05) is 72.6 Å². The summed E-state index contributed by atoms with van der Waals surface area (Å²) in [5, 5.41) is 0. The van der Waals surface area contributed by atoms with E-state index in [1.165, 1.54) is 90.1 Å². The molecule has 5 saturated heterocycles. The van der Waals surface area contributed by atoms with Crippen molar-refractivity contribution in [2.24, 2.45) is 29.6 Å². The van der Waals surface area contributed by atoms with Gasteiger partial charge in [-0.15, -0.1) is 0 Å². The van der Waals surface area contributed by atoms with Crippen LogP contribution in [0, 0.1) is 29.6 Å². The zero-order chi connectivity index (χ0) is 46.0. The molecule has 3 atom stereocenters. The van der Waals surface area contributed by atoms with E-state index in [2.05, 4.69) is 53.5 Å². The molecule has 6 rings (SSSR count). The highest BCUT2D eigenvalue weighted by atomic mass is 16.6. The average Bonchev–Trinajstić information content (AvgIpc) is 3.19. The predicted molar refractivity (Wildman–Crippen MR) is 253 cm³/mol. The fourth-order valence-corrected chi connectivity index (χ4v) is 8.70. The summed E-state index contributed by atoms with van der Waals surface area (Å²) in [7, 11) is 2.20. The maximum absolute atomic E-state index is 11.6. The zero-order valence-electron chi connectivity index (χ0n) is 42.0. The van der Waals surface area contributed by atoms with Crippen molar-refractivity contribution < 1.29 is 28.7 Å². The summed E-state index contributed by atoms with van der Waals surface area (Å²) in [6, 6.07) is 0.478. The van der Waals surface area contributed by atoms with Gasteiger partial charge in [-0.1, -0.05) is 66.7 Å². The van der Waals surface area contributed by atoms with Crippen molar-refractivity contribution >= 4 is 24.0 Å². The Morgan fingerprint density at radius 2 is 0.951 bits per heavy atom. The molecule has 0 aromatic carbocycles. The molecule has 4 amide bonds.